The lowest BCUT2D eigenvalue weighted by Gasteiger charge is -2.36. The highest BCUT2D eigenvalue weighted by Gasteiger charge is 2.39. The maximum Gasteiger partial charge on any atom is 0.254 e. The average Bonchev–Trinajstić information content (AvgIpc) is 3.16. The Morgan fingerprint density at radius 1 is 0.921 bits per heavy atom. The van der Waals surface area contributed by atoms with E-state index >= 15 is 0 Å². The van der Waals surface area contributed by atoms with Crippen LogP contribution in [0.2, 0.25) is 10.0 Å². The summed E-state index contributed by atoms with van der Waals surface area (Å²) in [4.78, 5) is 17.8. The number of carbonyl (C=O) groups is 1. The van der Waals surface area contributed by atoms with Crippen LogP contribution in [0.1, 0.15) is 64.2 Å². The van der Waals surface area contributed by atoms with E-state index < -0.39 is 9.84 Å². The number of likely N-dealkylation sites (N-methyl/N-ethyl adjacent to an activating group) is 1. The van der Waals surface area contributed by atoms with Gasteiger partial charge in [0.2, 0.25) is 0 Å². The molecule has 1 saturated heterocycles. The molecule has 0 spiro atoms. The van der Waals surface area contributed by atoms with Gasteiger partial charge in [0.15, 0.2) is 9.84 Å². The van der Waals surface area contributed by atoms with Crippen LogP contribution in [0.15, 0.2) is 71.6 Å². The molecule has 0 saturated carbocycles. The lowest BCUT2D eigenvalue weighted by Crippen LogP contribution is -2.36. The third kappa shape index (κ3) is 5.37. The van der Waals surface area contributed by atoms with Crippen molar-refractivity contribution < 1.29 is 13.2 Å². The van der Waals surface area contributed by atoms with E-state index in [1.165, 1.54) is 6.26 Å². The van der Waals surface area contributed by atoms with Gasteiger partial charge in [-0.05, 0) is 85.8 Å². The lowest BCUT2D eigenvalue weighted by atomic mass is 9.84. The first-order valence-electron chi connectivity index (χ1n) is 13.0. The van der Waals surface area contributed by atoms with Gasteiger partial charge < -0.3 is 9.80 Å². The smallest absolute Gasteiger partial charge is 0.254 e. The molecule has 0 aromatic heterocycles. The summed E-state index contributed by atoms with van der Waals surface area (Å²) in [6.45, 7) is 2.66. The molecular weight excluding hydrogens is 539 g/mol. The topological polar surface area (TPSA) is 57.7 Å². The monoisotopic (exact) mass is 570 g/mol. The Morgan fingerprint density at radius 3 is 2.26 bits per heavy atom. The number of likely N-dealkylation sites (tertiary alicyclic amines) is 1. The molecule has 1 amide bonds. The molecule has 2 heterocycles. The Kier molecular flexibility index (Phi) is 7.88. The van der Waals surface area contributed by atoms with E-state index in [9.17, 15) is 13.2 Å². The van der Waals surface area contributed by atoms with Crippen LogP contribution in [0.3, 0.4) is 0 Å². The van der Waals surface area contributed by atoms with Crippen molar-refractivity contribution in [2.45, 2.75) is 42.0 Å². The molecule has 0 aliphatic carbocycles. The van der Waals surface area contributed by atoms with E-state index in [0.29, 0.717) is 14.9 Å². The standard InChI is InChI=1S/C30H32Cl2N2O3S/c1-33-29(24-8-3-4-9-25(24)30(33)35)23(21-11-12-26(31)27(32)19-21)15-18-34-16-13-20(14-17-34)22-7-5-6-10-28(22)38(2,36)37/h3-12,19-20,23,29H,13-18H2,1-2H3/t23?,29-/m1/s1. The molecule has 1 fully saturated rings. The molecule has 0 N–H and O–H groups in total. The molecule has 0 radical (unpaired) electrons. The van der Waals surface area contributed by atoms with Crippen LogP contribution in [-0.4, -0.2) is 57.1 Å². The molecule has 200 valence electrons. The van der Waals surface area contributed by atoms with Gasteiger partial charge in [-0.1, -0.05) is 65.7 Å². The summed E-state index contributed by atoms with van der Waals surface area (Å²) in [6, 6.07) is 20.9. The molecule has 2 atom stereocenters. The summed E-state index contributed by atoms with van der Waals surface area (Å²) in [5.74, 6) is 0.320. The van der Waals surface area contributed by atoms with Crippen molar-refractivity contribution in [2.75, 3.05) is 32.9 Å². The largest absolute Gasteiger partial charge is 0.334 e. The molecule has 2 aliphatic heterocycles. The predicted molar refractivity (Wildman–Crippen MR) is 153 cm³/mol. The summed E-state index contributed by atoms with van der Waals surface area (Å²) < 4.78 is 24.6. The lowest BCUT2D eigenvalue weighted by molar-refractivity contribution is 0.0746. The van der Waals surface area contributed by atoms with Crippen LogP contribution in [0.25, 0.3) is 0 Å². The number of rotatable bonds is 7. The summed E-state index contributed by atoms with van der Waals surface area (Å²) in [7, 11) is -1.39. The number of hydrogen-bond acceptors (Lipinski definition) is 4. The summed E-state index contributed by atoms with van der Waals surface area (Å²) >= 11 is 12.7. The van der Waals surface area contributed by atoms with Gasteiger partial charge in [-0.2, -0.15) is 0 Å². The van der Waals surface area contributed by atoms with Crippen LogP contribution >= 0.6 is 23.2 Å². The van der Waals surface area contributed by atoms with Gasteiger partial charge in [-0.25, -0.2) is 8.42 Å². The highest BCUT2D eigenvalue weighted by molar-refractivity contribution is 7.90. The quantitative estimate of drug-likeness (QED) is 0.322. The van der Waals surface area contributed by atoms with Crippen molar-refractivity contribution in [3.05, 3.63) is 99.0 Å². The zero-order valence-corrected chi connectivity index (χ0v) is 23.9. The van der Waals surface area contributed by atoms with Crippen molar-refractivity contribution in [1.29, 1.82) is 0 Å². The van der Waals surface area contributed by atoms with E-state index in [0.717, 1.165) is 61.2 Å². The van der Waals surface area contributed by atoms with Crippen LogP contribution in [0, 0.1) is 0 Å². The van der Waals surface area contributed by atoms with E-state index in [1.54, 1.807) is 12.1 Å². The van der Waals surface area contributed by atoms with Gasteiger partial charge in [0.25, 0.3) is 5.91 Å². The van der Waals surface area contributed by atoms with Gasteiger partial charge in [-0.15, -0.1) is 0 Å². The Balaban J connectivity index is 1.34. The van der Waals surface area contributed by atoms with Gasteiger partial charge >= 0.3 is 0 Å². The Labute approximate surface area is 235 Å². The number of benzene rings is 3. The maximum atomic E-state index is 13.1. The number of hydrogen-bond donors (Lipinski definition) is 0. The number of halogens is 2. The fraction of sp³-hybridized carbons (Fsp3) is 0.367. The van der Waals surface area contributed by atoms with Gasteiger partial charge in [0, 0.05) is 24.8 Å². The van der Waals surface area contributed by atoms with Crippen molar-refractivity contribution in [3.63, 3.8) is 0 Å². The third-order valence-electron chi connectivity index (χ3n) is 8.10. The van der Waals surface area contributed by atoms with Gasteiger partial charge in [0.05, 0.1) is 21.0 Å². The van der Waals surface area contributed by atoms with Crippen LogP contribution in [0.5, 0.6) is 0 Å². The minimum atomic E-state index is -3.26. The van der Waals surface area contributed by atoms with Crippen LogP contribution < -0.4 is 0 Å². The normalized spacial score (nSPS) is 19.5. The minimum absolute atomic E-state index is 0.0426. The van der Waals surface area contributed by atoms with E-state index in [4.69, 9.17) is 23.2 Å². The van der Waals surface area contributed by atoms with Crippen molar-refractivity contribution >= 4 is 38.9 Å². The number of sulfone groups is 1. The highest BCUT2D eigenvalue weighted by atomic mass is 35.5. The first kappa shape index (κ1) is 27.2. The fourth-order valence-electron chi connectivity index (χ4n) is 6.16. The first-order valence-corrected chi connectivity index (χ1v) is 15.6. The minimum Gasteiger partial charge on any atom is -0.334 e. The Hall–Kier alpha value is -2.38. The fourth-order valence-corrected chi connectivity index (χ4v) is 7.45. The van der Waals surface area contributed by atoms with E-state index in [2.05, 4.69) is 11.0 Å². The molecule has 5 rings (SSSR count). The molecule has 1 unspecified atom stereocenters. The molecule has 0 bridgehead atoms. The molecule has 8 heteroatoms. The van der Waals surface area contributed by atoms with Crippen molar-refractivity contribution in [3.8, 4) is 0 Å². The maximum absolute atomic E-state index is 13.1. The second-order valence-corrected chi connectivity index (χ2v) is 13.2. The van der Waals surface area contributed by atoms with Crippen molar-refractivity contribution in [1.82, 2.24) is 9.80 Å². The highest BCUT2D eigenvalue weighted by Crippen LogP contribution is 2.45. The van der Waals surface area contributed by atoms with Crippen LogP contribution in [0.4, 0.5) is 0 Å². The Bertz CT molecular complexity index is 1450. The predicted octanol–water partition coefficient (Wildman–Crippen LogP) is 6.58. The van der Waals surface area contributed by atoms with E-state index in [1.807, 2.05) is 60.5 Å². The molecule has 3 aromatic rings. The van der Waals surface area contributed by atoms with Gasteiger partial charge in [-0.3, -0.25) is 4.79 Å². The third-order valence-corrected chi connectivity index (χ3v) is 10.0. The number of carbonyl (C=O) groups excluding carboxylic acids is 1. The second-order valence-electron chi connectivity index (χ2n) is 10.4. The van der Waals surface area contributed by atoms with E-state index in [-0.39, 0.29) is 23.8 Å². The Morgan fingerprint density at radius 2 is 1.58 bits per heavy atom. The SMILES string of the molecule is CN1C(=O)c2ccccc2[C@H]1C(CCN1CCC(c2ccccc2S(C)(=O)=O)CC1)c1ccc(Cl)c(Cl)c1. The van der Waals surface area contributed by atoms with Crippen LogP contribution in [-0.2, 0) is 9.84 Å². The zero-order valence-electron chi connectivity index (χ0n) is 21.6. The summed E-state index contributed by atoms with van der Waals surface area (Å²) in [6.07, 6.45) is 3.95. The molecular formula is C30H32Cl2N2O3S. The van der Waals surface area contributed by atoms with Crippen molar-refractivity contribution in [2.24, 2.45) is 0 Å². The molecule has 2 aliphatic rings. The summed E-state index contributed by atoms with van der Waals surface area (Å²) in [5, 5.41) is 1.03. The van der Waals surface area contributed by atoms with Gasteiger partial charge in [0.1, 0.15) is 0 Å². The number of nitrogens with zero attached hydrogens (tertiary/aromatic N) is 2. The first-order chi connectivity index (χ1) is 18.1. The molecule has 3 aromatic carbocycles. The molecule has 5 nitrogen and oxygen atoms in total. The number of fused-ring (bicyclic) bond motifs is 1. The second kappa shape index (κ2) is 11.0. The average molecular weight is 572 g/mol. The molecule has 38 heavy (non-hydrogen) atoms. The summed E-state index contributed by atoms with van der Waals surface area (Å²) in [5.41, 5.74) is 3.81. The zero-order chi connectivity index (χ0) is 27.0. The number of piperidine rings is 1. The number of amides is 1.